The molecular formula is C12H7FN2O. The predicted octanol–water partition coefficient (Wildman–Crippen LogP) is 2.88. The van der Waals surface area contributed by atoms with E-state index in [1.54, 1.807) is 18.2 Å². The zero-order valence-corrected chi connectivity index (χ0v) is 8.22. The third-order valence-corrected chi connectivity index (χ3v) is 1.92. The maximum absolute atomic E-state index is 13.2. The van der Waals surface area contributed by atoms with Crippen LogP contribution in [-0.4, -0.2) is 4.98 Å². The molecule has 0 aliphatic heterocycles. The van der Waals surface area contributed by atoms with Gasteiger partial charge in [0, 0.05) is 0 Å². The molecule has 1 aromatic heterocycles. The first kappa shape index (κ1) is 10.1. The van der Waals surface area contributed by atoms with E-state index < -0.39 is 5.82 Å². The van der Waals surface area contributed by atoms with Crippen molar-refractivity contribution in [3.8, 4) is 17.6 Å². The van der Waals surface area contributed by atoms with E-state index in [1.165, 1.54) is 24.4 Å². The molecule has 0 amide bonds. The molecule has 2 rings (SSSR count). The number of para-hydroxylation sites is 1. The fourth-order valence-electron chi connectivity index (χ4n) is 1.16. The Labute approximate surface area is 91.7 Å². The van der Waals surface area contributed by atoms with Crippen molar-refractivity contribution in [2.45, 2.75) is 0 Å². The minimum atomic E-state index is -0.438. The summed E-state index contributed by atoms with van der Waals surface area (Å²) in [6.07, 6.45) is 1.38. The zero-order chi connectivity index (χ0) is 11.4. The van der Waals surface area contributed by atoms with E-state index >= 15 is 0 Å². The highest BCUT2D eigenvalue weighted by atomic mass is 19.1. The molecule has 0 aliphatic carbocycles. The Morgan fingerprint density at radius 3 is 2.62 bits per heavy atom. The third kappa shape index (κ3) is 2.15. The van der Waals surface area contributed by atoms with Gasteiger partial charge in [0.15, 0.2) is 11.6 Å². The van der Waals surface area contributed by atoms with Gasteiger partial charge in [0.25, 0.3) is 0 Å². The molecule has 78 valence electrons. The van der Waals surface area contributed by atoms with Crippen LogP contribution in [-0.2, 0) is 0 Å². The van der Waals surface area contributed by atoms with Gasteiger partial charge in [-0.15, -0.1) is 0 Å². The van der Waals surface area contributed by atoms with Crippen molar-refractivity contribution in [3.05, 3.63) is 54.1 Å². The number of hydrogen-bond donors (Lipinski definition) is 0. The SMILES string of the molecule is N#Cc1ccc(Oc2ccccc2F)cn1. The Balaban J connectivity index is 2.22. The number of rotatable bonds is 2. The summed E-state index contributed by atoms with van der Waals surface area (Å²) in [6, 6.07) is 11.1. The summed E-state index contributed by atoms with van der Waals surface area (Å²) < 4.78 is 18.5. The first-order valence-corrected chi connectivity index (χ1v) is 4.58. The van der Waals surface area contributed by atoms with E-state index in [1.807, 2.05) is 6.07 Å². The van der Waals surface area contributed by atoms with Crippen LogP contribution < -0.4 is 4.74 Å². The van der Waals surface area contributed by atoms with Crippen molar-refractivity contribution in [2.75, 3.05) is 0 Å². The van der Waals surface area contributed by atoms with E-state index in [0.717, 1.165) is 0 Å². The van der Waals surface area contributed by atoms with Gasteiger partial charge in [0.2, 0.25) is 0 Å². The second kappa shape index (κ2) is 4.41. The number of aromatic nitrogens is 1. The highest BCUT2D eigenvalue weighted by molar-refractivity contribution is 5.32. The van der Waals surface area contributed by atoms with E-state index in [4.69, 9.17) is 10.00 Å². The minimum Gasteiger partial charge on any atom is -0.453 e. The van der Waals surface area contributed by atoms with Crippen LogP contribution in [0.5, 0.6) is 11.5 Å². The monoisotopic (exact) mass is 214 g/mol. The maximum atomic E-state index is 13.2. The lowest BCUT2D eigenvalue weighted by atomic mass is 10.3. The Kier molecular flexibility index (Phi) is 2.79. The van der Waals surface area contributed by atoms with Gasteiger partial charge in [-0.2, -0.15) is 5.26 Å². The molecule has 3 nitrogen and oxygen atoms in total. The number of nitrogens with zero attached hydrogens (tertiary/aromatic N) is 2. The summed E-state index contributed by atoms with van der Waals surface area (Å²) in [5, 5.41) is 8.55. The van der Waals surface area contributed by atoms with Crippen molar-refractivity contribution in [2.24, 2.45) is 0 Å². The lowest BCUT2D eigenvalue weighted by Gasteiger charge is -2.05. The molecule has 1 heterocycles. The summed E-state index contributed by atoms with van der Waals surface area (Å²) in [6.45, 7) is 0. The van der Waals surface area contributed by atoms with Gasteiger partial charge < -0.3 is 4.74 Å². The van der Waals surface area contributed by atoms with Gasteiger partial charge in [-0.25, -0.2) is 9.37 Å². The van der Waals surface area contributed by atoms with Crippen LogP contribution in [0.2, 0.25) is 0 Å². The molecule has 16 heavy (non-hydrogen) atoms. The number of hydrogen-bond acceptors (Lipinski definition) is 3. The van der Waals surface area contributed by atoms with Gasteiger partial charge in [0.1, 0.15) is 17.5 Å². The van der Waals surface area contributed by atoms with Gasteiger partial charge in [-0.05, 0) is 24.3 Å². The minimum absolute atomic E-state index is 0.133. The molecule has 0 aliphatic rings. The van der Waals surface area contributed by atoms with E-state index in [-0.39, 0.29) is 5.75 Å². The summed E-state index contributed by atoms with van der Waals surface area (Å²) in [4.78, 5) is 3.81. The third-order valence-electron chi connectivity index (χ3n) is 1.92. The molecule has 0 saturated heterocycles. The summed E-state index contributed by atoms with van der Waals surface area (Å²) in [7, 11) is 0. The van der Waals surface area contributed by atoms with Gasteiger partial charge in [0.05, 0.1) is 6.20 Å². The lowest BCUT2D eigenvalue weighted by Crippen LogP contribution is -1.89. The Morgan fingerprint density at radius 1 is 1.19 bits per heavy atom. The predicted molar refractivity (Wildman–Crippen MR) is 55.4 cm³/mol. The summed E-state index contributed by atoms with van der Waals surface area (Å²) in [5.74, 6) is 0.0879. The van der Waals surface area contributed by atoms with Crippen molar-refractivity contribution in [1.82, 2.24) is 4.98 Å². The van der Waals surface area contributed by atoms with E-state index in [2.05, 4.69) is 4.98 Å². The zero-order valence-electron chi connectivity index (χ0n) is 8.22. The lowest BCUT2D eigenvalue weighted by molar-refractivity contribution is 0.440. The van der Waals surface area contributed by atoms with Crippen LogP contribution in [0.3, 0.4) is 0 Å². The fraction of sp³-hybridized carbons (Fsp3) is 0. The van der Waals surface area contributed by atoms with Crippen molar-refractivity contribution >= 4 is 0 Å². The quantitative estimate of drug-likeness (QED) is 0.772. The molecule has 0 unspecified atom stereocenters. The van der Waals surface area contributed by atoms with Crippen LogP contribution in [0, 0.1) is 17.1 Å². The molecule has 1 aromatic carbocycles. The highest BCUT2D eigenvalue weighted by Crippen LogP contribution is 2.23. The van der Waals surface area contributed by atoms with Crippen LogP contribution in [0.1, 0.15) is 5.69 Å². The molecule has 4 heteroatoms. The van der Waals surface area contributed by atoms with Crippen LogP contribution in [0.25, 0.3) is 0 Å². The normalized spacial score (nSPS) is 9.50. The first-order chi connectivity index (χ1) is 7.79. The molecule has 0 N–H and O–H groups in total. The summed E-state index contributed by atoms with van der Waals surface area (Å²) in [5.41, 5.74) is 0.292. The average Bonchev–Trinajstić information content (AvgIpc) is 2.33. The van der Waals surface area contributed by atoms with Crippen LogP contribution >= 0.6 is 0 Å². The molecular weight excluding hydrogens is 207 g/mol. The van der Waals surface area contributed by atoms with E-state index in [9.17, 15) is 4.39 Å². The number of ether oxygens (including phenoxy) is 1. The summed E-state index contributed by atoms with van der Waals surface area (Å²) >= 11 is 0. The van der Waals surface area contributed by atoms with Crippen molar-refractivity contribution in [1.29, 1.82) is 5.26 Å². The molecule has 0 spiro atoms. The van der Waals surface area contributed by atoms with Gasteiger partial charge in [-0.1, -0.05) is 12.1 Å². The van der Waals surface area contributed by atoms with Gasteiger partial charge >= 0.3 is 0 Å². The average molecular weight is 214 g/mol. The smallest absolute Gasteiger partial charge is 0.165 e. The number of halogens is 1. The topological polar surface area (TPSA) is 45.9 Å². The molecule has 0 radical (unpaired) electrons. The standard InChI is InChI=1S/C12H7FN2O/c13-11-3-1-2-4-12(11)16-10-6-5-9(7-14)15-8-10/h1-6,8H. The van der Waals surface area contributed by atoms with Crippen LogP contribution in [0.15, 0.2) is 42.6 Å². The Bertz CT molecular complexity index is 531. The van der Waals surface area contributed by atoms with Crippen LogP contribution in [0.4, 0.5) is 4.39 Å². The first-order valence-electron chi connectivity index (χ1n) is 4.58. The molecule has 0 atom stereocenters. The highest BCUT2D eigenvalue weighted by Gasteiger charge is 2.03. The number of benzene rings is 1. The Morgan fingerprint density at radius 2 is 2.00 bits per heavy atom. The molecule has 0 fully saturated rings. The van der Waals surface area contributed by atoms with E-state index in [0.29, 0.717) is 11.4 Å². The maximum Gasteiger partial charge on any atom is 0.165 e. The Hall–Kier alpha value is -2.41. The van der Waals surface area contributed by atoms with Crippen molar-refractivity contribution < 1.29 is 9.13 Å². The van der Waals surface area contributed by atoms with Gasteiger partial charge in [-0.3, -0.25) is 0 Å². The molecule has 0 saturated carbocycles. The molecule has 0 bridgehead atoms. The number of nitriles is 1. The number of pyridine rings is 1. The van der Waals surface area contributed by atoms with Crippen molar-refractivity contribution in [3.63, 3.8) is 0 Å². The molecule has 2 aromatic rings. The largest absolute Gasteiger partial charge is 0.453 e. The second-order valence-electron chi connectivity index (χ2n) is 3.02. The second-order valence-corrected chi connectivity index (χ2v) is 3.02. The fourth-order valence-corrected chi connectivity index (χ4v) is 1.16.